The van der Waals surface area contributed by atoms with Gasteiger partial charge >= 0.3 is 17.9 Å². The van der Waals surface area contributed by atoms with Gasteiger partial charge < -0.3 is 39.4 Å². The van der Waals surface area contributed by atoms with Crippen LogP contribution in [0.5, 0.6) is 0 Å². The Hall–Kier alpha value is -2.57. The number of aliphatic carboxylic acids is 1. The Bertz CT molecular complexity index is 1010. The van der Waals surface area contributed by atoms with Crippen molar-refractivity contribution in [2.24, 2.45) is 0 Å². The zero-order chi connectivity index (χ0) is 38.2. The summed E-state index contributed by atoms with van der Waals surface area (Å²) < 4.78 is 21.6. The van der Waals surface area contributed by atoms with E-state index >= 15 is 0 Å². The fourth-order valence-electron chi connectivity index (χ4n) is 5.83. The smallest absolute Gasteiger partial charge is 0.335 e. The average Bonchev–Trinajstić information content (AvgIpc) is 3.12. The molecule has 11 nitrogen and oxygen atoms in total. The lowest BCUT2D eigenvalue weighted by Gasteiger charge is -2.38. The number of carboxylic acids is 1. The number of carboxylic acid groups (broad SMARTS) is 1. The molecule has 1 heterocycles. The number of unbranched alkanes of at least 4 members (excludes halogenated alkanes) is 15. The zero-order valence-corrected chi connectivity index (χ0v) is 32.0. The summed E-state index contributed by atoms with van der Waals surface area (Å²) in [5.41, 5.74) is 0. The summed E-state index contributed by atoms with van der Waals surface area (Å²) in [5, 5.41) is 39.7. The van der Waals surface area contributed by atoms with E-state index in [2.05, 4.69) is 50.3 Å². The van der Waals surface area contributed by atoms with Crippen LogP contribution in [0.15, 0.2) is 36.5 Å². The summed E-state index contributed by atoms with van der Waals surface area (Å²) in [6.45, 7) is 3.65. The van der Waals surface area contributed by atoms with Gasteiger partial charge in [-0.15, -0.1) is 0 Å². The van der Waals surface area contributed by atoms with E-state index in [1.807, 2.05) is 0 Å². The normalized spacial score (nSPS) is 21.3. The predicted octanol–water partition coefficient (Wildman–Crippen LogP) is 7.64. The van der Waals surface area contributed by atoms with Gasteiger partial charge in [-0.2, -0.15) is 0 Å². The van der Waals surface area contributed by atoms with Crippen LogP contribution in [-0.4, -0.2) is 88.4 Å². The number of carbonyl (C=O) groups excluding carboxylic acids is 2. The number of aliphatic hydroxyl groups is 3. The fourth-order valence-corrected chi connectivity index (χ4v) is 5.83. The third-order valence-electron chi connectivity index (χ3n) is 9.00. The van der Waals surface area contributed by atoms with Crippen LogP contribution in [0.2, 0.25) is 0 Å². The van der Waals surface area contributed by atoms with Crippen LogP contribution in [0.25, 0.3) is 0 Å². The van der Waals surface area contributed by atoms with Gasteiger partial charge in [0.25, 0.3) is 0 Å². The topological polar surface area (TPSA) is 169 Å². The number of hydrogen-bond acceptors (Lipinski definition) is 10. The van der Waals surface area contributed by atoms with Gasteiger partial charge in [0.05, 0.1) is 6.61 Å². The molecule has 0 saturated carbocycles. The van der Waals surface area contributed by atoms with Crippen molar-refractivity contribution in [3.8, 4) is 0 Å². The molecule has 0 aromatic heterocycles. The Morgan fingerprint density at radius 3 is 1.71 bits per heavy atom. The van der Waals surface area contributed by atoms with Crippen LogP contribution in [0.3, 0.4) is 0 Å². The van der Waals surface area contributed by atoms with Crippen LogP contribution >= 0.6 is 0 Å². The molecule has 11 heteroatoms. The van der Waals surface area contributed by atoms with Gasteiger partial charge in [0.2, 0.25) is 0 Å². The highest BCUT2D eigenvalue weighted by molar-refractivity contribution is 5.73. The van der Waals surface area contributed by atoms with Crippen molar-refractivity contribution in [3.05, 3.63) is 36.5 Å². The summed E-state index contributed by atoms with van der Waals surface area (Å²) in [5.74, 6) is -2.48. The van der Waals surface area contributed by atoms with Gasteiger partial charge in [-0.3, -0.25) is 9.59 Å². The van der Waals surface area contributed by atoms with E-state index in [4.69, 9.17) is 18.9 Å². The zero-order valence-electron chi connectivity index (χ0n) is 32.0. The molecule has 0 aromatic carbocycles. The van der Waals surface area contributed by atoms with Crippen LogP contribution in [0.4, 0.5) is 0 Å². The predicted molar refractivity (Wildman–Crippen MR) is 201 cm³/mol. The molecular formula is C41H70O11. The molecule has 0 aromatic rings. The Labute approximate surface area is 312 Å². The number of hydrogen-bond donors (Lipinski definition) is 4. The third kappa shape index (κ3) is 23.9. The molecule has 6 atom stereocenters. The number of aliphatic hydroxyl groups excluding tert-OH is 3. The lowest BCUT2D eigenvalue weighted by molar-refractivity contribution is -0.298. The first-order valence-electron chi connectivity index (χ1n) is 20.0. The second-order valence-corrected chi connectivity index (χ2v) is 13.7. The second kappa shape index (κ2) is 31.9. The van der Waals surface area contributed by atoms with E-state index in [-0.39, 0.29) is 19.4 Å². The average molecular weight is 739 g/mol. The van der Waals surface area contributed by atoms with E-state index in [0.29, 0.717) is 12.8 Å². The van der Waals surface area contributed by atoms with Crippen LogP contribution in [0, 0.1) is 0 Å². The van der Waals surface area contributed by atoms with Gasteiger partial charge in [0.1, 0.15) is 24.9 Å². The lowest BCUT2D eigenvalue weighted by atomic mass is 9.99. The van der Waals surface area contributed by atoms with Gasteiger partial charge in [-0.05, 0) is 44.9 Å². The van der Waals surface area contributed by atoms with Crippen molar-refractivity contribution in [3.63, 3.8) is 0 Å². The summed E-state index contributed by atoms with van der Waals surface area (Å²) in [6.07, 6.45) is 24.9. The van der Waals surface area contributed by atoms with E-state index in [1.54, 1.807) is 0 Å². The van der Waals surface area contributed by atoms with Crippen molar-refractivity contribution in [1.29, 1.82) is 0 Å². The summed E-state index contributed by atoms with van der Waals surface area (Å²) >= 11 is 0. The standard InChI is InChI=1S/C41H70O11/c1-3-5-7-9-11-13-15-17-19-21-23-25-27-29-34(42)49-31-33(32-50-41-38(46)36(44)37(45)39(52-41)40(47)48)51-35(43)30-28-26-24-22-20-18-16-14-12-10-8-6-4-2/h5,7,11,13,17,19,33,36-39,41,44-46H,3-4,6,8-10,12,14-16,18,20-32H2,1-2H3,(H,47,48)/b7-5-,13-11-,19-17-. The Balaban J connectivity index is 2.45. The Kier molecular flexibility index (Phi) is 29.1. The van der Waals surface area contributed by atoms with E-state index < -0.39 is 61.3 Å². The first-order valence-corrected chi connectivity index (χ1v) is 20.0. The molecule has 6 unspecified atom stereocenters. The molecule has 0 amide bonds. The van der Waals surface area contributed by atoms with Crippen LogP contribution in [0.1, 0.15) is 155 Å². The number of rotatable bonds is 32. The highest BCUT2D eigenvalue weighted by Gasteiger charge is 2.47. The van der Waals surface area contributed by atoms with Crippen molar-refractivity contribution in [2.75, 3.05) is 13.2 Å². The monoisotopic (exact) mass is 738 g/mol. The first-order chi connectivity index (χ1) is 25.2. The maximum atomic E-state index is 12.7. The minimum absolute atomic E-state index is 0.178. The number of esters is 2. The van der Waals surface area contributed by atoms with Gasteiger partial charge in [0.15, 0.2) is 18.5 Å². The molecule has 4 N–H and O–H groups in total. The molecule has 0 bridgehead atoms. The summed E-state index contributed by atoms with van der Waals surface area (Å²) in [4.78, 5) is 36.6. The molecule has 300 valence electrons. The van der Waals surface area contributed by atoms with Gasteiger partial charge in [-0.1, -0.05) is 134 Å². The number of allylic oxidation sites excluding steroid dienone is 6. The fraction of sp³-hybridized carbons (Fsp3) is 0.780. The van der Waals surface area contributed by atoms with E-state index in [1.165, 1.54) is 57.8 Å². The van der Waals surface area contributed by atoms with Crippen molar-refractivity contribution in [2.45, 2.75) is 192 Å². The molecular weight excluding hydrogens is 668 g/mol. The quantitative estimate of drug-likeness (QED) is 0.0304. The molecule has 0 aliphatic carbocycles. The third-order valence-corrected chi connectivity index (χ3v) is 9.00. The van der Waals surface area contributed by atoms with Crippen molar-refractivity contribution in [1.82, 2.24) is 0 Å². The molecule has 0 radical (unpaired) electrons. The highest BCUT2D eigenvalue weighted by atomic mass is 16.7. The SMILES string of the molecule is CC/C=C\C/C=C\C/C=C\CCCCCC(=O)OCC(COC1OC(C(=O)O)C(O)C(O)C1O)OC(=O)CCCCCCCCCCCCCCC. The molecule has 1 fully saturated rings. The second-order valence-electron chi connectivity index (χ2n) is 13.7. The highest BCUT2D eigenvalue weighted by Crippen LogP contribution is 2.23. The molecule has 1 rings (SSSR count). The number of ether oxygens (including phenoxy) is 4. The molecule has 1 aliphatic heterocycles. The Morgan fingerprint density at radius 2 is 1.13 bits per heavy atom. The summed E-state index contributed by atoms with van der Waals surface area (Å²) in [6, 6.07) is 0. The Morgan fingerprint density at radius 1 is 0.615 bits per heavy atom. The van der Waals surface area contributed by atoms with Crippen LogP contribution < -0.4 is 0 Å². The minimum Gasteiger partial charge on any atom is -0.479 e. The van der Waals surface area contributed by atoms with Crippen molar-refractivity contribution < 1.29 is 53.8 Å². The van der Waals surface area contributed by atoms with Crippen LogP contribution in [-0.2, 0) is 33.3 Å². The minimum atomic E-state index is -1.86. The van der Waals surface area contributed by atoms with Gasteiger partial charge in [-0.25, -0.2) is 4.79 Å². The molecule has 1 saturated heterocycles. The maximum absolute atomic E-state index is 12.7. The number of carbonyl (C=O) groups is 3. The molecule has 0 spiro atoms. The van der Waals surface area contributed by atoms with E-state index in [0.717, 1.165) is 57.8 Å². The maximum Gasteiger partial charge on any atom is 0.335 e. The van der Waals surface area contributed by atoms with Gasteiger partial charge in [0, 0.05) is 12.8 Å². The lowest BCUT2D eigenvalue weighted by Crippen LogP contribution is -2.60. The summed E-state index contributed by atoms with van der Waals surface area (Å²) in [7, 11) is 0. The first kappa shape index (κ1) is 47.5. The molecule has 1 aliphatic rings. The van der Waals surface area contributed by atoms with E-state index in [9.17, 15) is 34.8 Å². The molecule has 52 heavy (non-hydrogen) atoms. The largest absolute Gasteiger partial charge is 0.479 e. The van der Waals surface area contributed by atoms with Crippen molar-refractivity contribution >= 4 is 17.9 Å².